The van der Waals surface area contributed by atoms with Crippen molar-refractivity contribution in [3.63, 3.8) is 0 Å². The molecule has 0 aliphatic carbocycles. The fourth-order valence-corrected chi connectivity index (χ4v) is 4.40. The van der Waals surface area contributed by atoms with Gasteiger partial charge in [-0.1, -0.05) is 66.7 Å². The molecule has 1 unspecified atom stereocenters. The van der Waals surface area contributed by atoms with Crippen LogP contribution in [0.1, 0.15) is 29.0 Å². The van der Waals surface area contributed by atoms with E-state index in [-0.39, 0.29) is 30.5 Å². The van der Waals surface area contributed by atoms with Crippen molar-refractivity contribution < 1.29 is 13.6 Å². The summed E-state index contributed by atoms with van der Waals surface area (Å²) >= 11 is 0. The van der Waals surface area contributed by atoms with E-state index < -0.39 is 5.92 Å². The molecule has 0 spiro atoms. The SMILES string of the molecule is O=C1CC(c2ccccc2F)c2c(ccc3ccccc23)N1Cc1ccccc1F. The number of halogens is 2. The van der Waals surface area contributed by atoms with Gasteiger partial charge in [-0.05, 0) is 40.1 Å². The molecule has 0 saturated carbocycles. The summed E-state index contributed by atoms with van der Waals surface area (Å²) < 4.78 is 29.0. The monoisotopic (exact) mass is 399 g/mol. The zero-order valence-electron chi connectivity index (χ0n) is 16.2. The number of carbonyl (C=O) groups is 1. The summed E-state index contributed by atoms with van der Waals surface area (Å²) in [7, 11) is 0. The van der Waals surface area contributed by atoms with Gasteiger partial charge in [-0.2, -0.15) is 0 Å². The molecule has 1 aliphatic rings. The third-order valence-electron chi connectivity index (χ3n) is 5.83. The molecule has 2 nitrogen and oxygen atoms in total. The molecular weight excluding hydrogens is 380 g/mol. The maximum Gasteiger partial charge on any atom is 0.228 e. The quantitative estimate of drug-likeness (QED) is 0.402. The molecule has 0 radical (unpaired) electrons. The van der Waals surface area contributed by atoms with Gasteiger partial charge in [0, 0.05) is 23.6 Å². The Morgan fingerprint density at radius 1 is 0.800 bits per heavy atom. The van der Waals surface area contributed by atoms with E-state index in [0.717, 1.165) is 16.3 Å². The van der Waals surface area contributed by atoms with E-state index in [9.17, 15) is 13.6 Å². The first kappa shape index (κ1) is 18.5. The van der Waals surface area contributed by atoms with Gasteiger partial charge in [-0.15, -0.1) is 0 Å². The molecule has 30 heavy (non-hydrogen) atoms. The van der Waals surface area contributed by atoms with E-state index in [0.29, 0.717) is 16.8 Å². The Labute approximate surface area is 173 Å². The predicted molar refractivity (Wildman–Crippen MR) is 114 cm³/mol. The zero-order chi connectivity index (χ0) is 20.7. The summed E-state index contributed by atoms with van der Waals surface area (Å²) in [6.07, 6.45) is 0.135. The predicted octanol–water partition coefficient (Wildman–Crippen LogP) is 6.19. The summed E-state index contributed by atoms with van der Waals surface area (Å²) in [4.78, 5) is 14.8. The van der Waals surface area contributed by atoms with Crippen LogP contribution < -0.4 is 4.90 Å². The highest BCUT2D eigenvalue weighted by molar-refractivity contribution is 6.03. The van der Waals surface area contributed by atoms with E-state index in [4.69, 9.17) is 0 Å². The molecule has 1 heterocycles. The third-order valence-corrected chi connectivity index (χ3v) is 5.83. The summed E-state index contributed by atoms with van der Waals surface area (Å²) in [5.41, 5.74) is 2.58. The normalized spacial score (nSPS) is 16.0. The van der Waals surface area contributed by atoms with Gasteiger partial charge in [0.15, 0.2) is 0 Å². The first-order chi connectivity index (χ1) is 14.6. The molecule has 0 fully saturated rings. The number of benzene rings is 4. The number of carbonyl (C=O) groups excluding carboxylic acids is 1. The van der Waals surface area contributed by atoms with E-state index in [2.05, 4.69) is 0 Å². The van der Waals surface area contributed by atoms with Crippen LogP contribution in [0.25, 0.3) is 10.8 Å². The zero-order valence-corrected chi connectivity index (χ0v) is 16.2. The average Bonchev–Trinajstić information content (AvgIpc) is 2.77. The average molecular weight is 399 g/mol. The number of rotatable bonds is 3. The Balaban J connectivity index is 1.71. The highest BCUT2D eigenvalue weighted by atomic mass is 19.1. The minimum Gasteiger partial charge on any atom is -0.308 e. The first-order valence-corrected chi connectivity index (χ1v) is 9.93. The molecule has 4 aromatic carbocycles. The van der Waals surface area contributed by atoms with Gasteiger partial charge in [0.2, 0.25) is 5.91 Å². The van der Waals surface area contributed by atoms with Crippen molar-refractivity contribution in [3.8, 4) is 0 Å². The Bertz CT molecular complexity index is 1270. The van der Waals surface area contributed by atoms with Crippen molar-refractivity contribution in [3.05, 3.63) is 113 Å². The van der Waals surface area contributed by atoms with E-state index >= 15 is 0 Å². The van der Waals surface area contributed by atoms with Crippen molar-refractivity contribution in [2.75, 3.05) is 4.90 Å². The lowest BCUT2D eigenvalue weighted by molar-refractivity contribution is -0.119. The van der Waals surface area contributed by atoms with Crippen molar-refractivity contribution in [1.29, 1.82) is 0 Å². The lowest BCUT2D eigenvalue weighted by Crippen LogP contribution is -2.37. The molecule has 1 amide bonds. The second-order valence-electron chi connectivity index (χ2n) is 7.57. The molecule has 148 valence electrons. The largest absolute Gasteiger partial charge is 0.308 e. The number of fused-ring (bicyclic) bond motifs is 3. The highest BCUT2D eigenvalue weighted by Gasteiger charge is 2.35. The standard InChI is InChI=1S/C26H19F2NO/c27-22-11-5-2-8-18(22)16-29-24-14-13-17-7-1-3-9-19(17)26(24)21(15-25(29)30)20-10-4-6-12-23(20)28/h1-14,21H,15-16H2. The van der Waals surface area contributed by atoms with Crippen LogP contribution >= 0.6 is 0 Å². The van der Waals surface area contributed by atoms with Crippen molar-refractivity contribution in [2.24, 2.45) is 0 Å². The summed E-state index contributed by atoms with van der Waals surface area (Å²) in [6.45, 7) is 0.140. The fourth-order valence-electron chi connectivity index (χ4n) is 4.40. The Kier molecular flexibility index (Phi) is 4.55. The van der Waals surface area contributed by atoms with E-state index in [1.807, 2.05) is 36.4 Å². The van der Waals surface area contributed by atoms with Gasteiger partial charge in [0.05, 0.1) is 6.54 Å². The van der Waals surface area contributed by atoms with Crippen LogP contribution in [0.3, 0.4) is 0 Å². The summed E-state index contributed by atoms with van der Waals surface area (Å²) in [5.74, 6) is -1.20. The van der Waals surface area contributed by atoms with Crippen LogP contribution in [0, 0.1) is 11.6 Å². The maximum atomic E-state index is 14.7. The van der Waals surface area contributed by atoms with E-state index in [1.54, 1.807) is 41.3 Å². The molecule has 4 heteroatoms. The van der Waals surface area contributed by atoms with Crippen LogP contribution in [0.4, 0.5) is 14.5 Å². The third kappa shape index (κ3) is 3.05. The molecule has 5 rings (SSSR count). The number of nitrogens with zero attached hydrogens (tertiary/aromatic N) is 1. The van der Waals surface area contributed by atoms with Crippen molar-refractivity contribution in [2.45, 2.75) is 18.9 Å². The molecule has 0 bridgehead atoms. The van der Waals surface area contributed by atoms with Gasteiger partial charge in [-0.25, -0.2) is 8.78 Å². The minimum atomic E-state index is -0.392. The lowest BCUT2D eigenvalue weighted by Gasteiger charge is -2.35. The molecule has 1 aliphatic heterocycles. The molecule has 0 aromatic heterocycles. The molecular formula is C26H19F2NO. The van der Waals surface area contributed by atoms with E-state index in [1.165, 1.54) is 12.1 Å². The molecule has 1 atom stereocenters. The first-order valence-electron chi connectivity index (χ1n) is 9.93. The minimum absolute atomic E-state index is 0.135. The molecule has 0 N–H and O–H groups in total. The van der Waals surface area contributed by atoms with Crippen LogP contribution in [-0.4, -0.2) is 5.91 Å². The van der Waals surface area contributed by atoms with Gasteiger partial charge < -0.3 is 4.90 Å². The number of hydrogen-bond acceptors (Lipinski definition) is 1. The lowest BCUT2D eigenvalue weighted by atomic mass is 9.81. The van der Waals surface area contributed by atoms with Gasteiger partial charge in [0.25, 0.3) is 0 Å². The van der Waals surface area contributed by atoms with Gasteiger partial charge in [-0.3, -0.25) is 4.79 Å². The smallest absolute Gasteiger partial charge is 0.228 e. The highest BCUT2D eigenvalue weighted by Crippen LogP contribution is 2.45. The number of anilines is 1. The van der Waals surface area contributed by atoms with Gasteiger partial charge >= 0.3 is 0 Å². The van der Waals surface area contributed by atoms with Gasteiger partial charge in [0.1, 0.15) is 11.6 Å². The van der Waals surface area contributed by atoms with Crippen LogP contribution in [0.2, 0.25) is 0 Å². The summed E-state index contributed by atoms with van der Waals surface area (Å²) in [5, 5.41) is 2.01. The summed E-state index contributed by atoms with van der Waals surface area (Å²) in [6, 6.07) is 24.8. The molecule has 0 saturated heterocycles. The Hall–Kier alpha value is -3.53. The fraction of sp³-hybridized carbons (Fsp3) is 0.115. The van der Waals surface area contributed by atoms with Crippen LogP contribution in [0.15, 0.2) is 84.9 Å². The van der Waals surface area contributed by atoms with Crippen LogP contribution in [-0.2, 0) is 11.3 Å². The second-order valence-corrected chi connectivity index (χ2v) is 7.57. The maximum absolute atomic E-state index is 14.7. The van der Waals surface area contributed by atoms with Crippen molar-refractivity contribution >= 4 is 22.4 Å². The molecule has 4 aromatic rings. The van der Waals surface area contributed by atoms with Crippen molar-refractivity contribution in [1.82, 2.24) is 0 Å². The second kappa shape index (κ2) is 7.38. The van der Waals surface area contributed by atoms with Crippen LogP contribution in [0.5, 0.6) is 0 Å². The Morgan fingerprint density at radius 3 is 2.30 bits per heavy atom. The topological polar surface area (TPSA) is 20.3 Å². The number of amides is 1. The number of hydrogen-bond donors (Lipinski definition) is 0. The Morgan fingerprint density at radius 2 is 1.50 bits per heavy atom.